The number of carbonyl (C=O) groups excluding carboxylic acids is 2. The average Bonchev–Trinajstić information content (AvgIpc) is 2.47. The van der Waals surface area contributed by atoms with Crippen molar-refractivity contribution in [3.05, 3.63) is 77.4 Å². The molecule has 2 rings (SSSR count). The molecule has 0 aliphatic rings. The summed E-state index contributed by atoms with van der Waals surface area (Å²) < 4.78 is 0. The van der Waals surface area contributed by atoms with Crippen LogP contribution in [0.25, 0.3) is 5.70 Å². The number of nitrogens with one attached hydrogen (secondary N) is 1. The van der Waals surface area contributed by atoms with Crippen LogP contribution in [0.1, 0.15) is 28.4 Å². The predicted molar refractivity (Wildman–Crippen MR) is 83.7 cm³/mol. The summed E-state index contributed by atoms with van der Waals surface area (Å²) in [6, 6.07) is 16.7. The van der Waals surface area contributed by atoms with Gasteiger partial charge in [-0.15, -0.1) is 0 Å². The summed E-state index contributed by atoms with van der Waals surface area (Å²) in [5, 5.41) is 2.71. The second kappa shape index (κ2) is 6.66. The van der Waals surface area contributed by atoms with Crippen LogP contribution < -0.4 is 5.32 Å². The van der Waals surface area contributed by atoms with Gasteiger partial charge >= 0.3 is 0 Å². The standard InChI is InChI=1S/C18H17NO2/c1-13-8-10-16(11-9-13)18(21)12-17(19-14(2)20)15-6-4-3-5-7-15/h3-12H,1-2H3,(H,19,20)/b17-12-. The summed E-state index contributed by atoms with van der Waals surface area (Å²) in [4.78, 5) is 23.6. The Morgan fingerprint density at radius 1 is 0.905 bits per heavy atom. The molecule has 3 nitrogen and oxygen atoms in total. The molecule has 0 aliphatic heterocycles. The molecule has 0 bridgehead atoms. The molecule has 1 amide bonds. The molecule has 0 aliphatic carbocycles. The normalized spacial score (nSPS) is 11.0. The fourth-order valence-electron chi connectivity index (χ4n) is 1.93. The van der Waals surface area contributed by atoms with E-state index in [-0.39, 0.29) is 11.7 Å². The Labute approximate surface area is 124 Å². The minimum Gasteiger partial charge on any atom is -0.326 e. The summed E-state index contributed by atoms with van der Waals surface area (Å²) in [6.07, 6.45) is 1.46. The Kier molecular flexibility index (Phi) is 4.67. The van der Waals surface area contributed by atoms with Gasteiger partial charge in [-0.3, -0.25) is 9.59 Å². The molecule has 2 aromatic rings. The molecule has 0 heterocycles. The molecular formula is C18H17NO2. The molecule has 0 saturated heterocycles. The number of aryl methyl sites for hydroxylation is 1. The van der Waals surface area contributed by atoms with E-state index in [9.17, 15) is 9.59 Å². The van der Waals surface area contributed by atoms with Gasteiger partial charge in [0.2, 0.25) is 5.91 Å². The van der Waals surface area contributed by atoms with Gasteiger partial charge in [0, 0.05) is 18.6 Å². The number of allylic oxidation sites excluding steroid dienone is 1. The van der Waals surface area contributed by atoms with Crippen LogP contribution >= 0.6 is 0 Å². The quantitative estimate of drug-likeness (QED) is 0.689. The van der Waals surface area contributed by atoms with Crippen molar-refractivity contribution < 1.29 is 9.59 Å². The monoisotopic (exact) mass is 279 g/mol. The largest absolute Gasteiger partial charge is 0.326 e. The van der Waals surface area contributed by atoms with Crippen LogP contribution in [0.3, 0.4) is 0 Å². The number of ketones is 1. The van der Waals surface area contributed by atoms with Gasteiger partial charge < -0.3 is 5.32 Å². The molecule has 0 atom stereocenters. The second-order valence-corrected chi connectivity index (χ2v) is 4.84. The van der Waals surface area contributed by atoms with E-state index >= 15 is 0 Å². The highest BCUT2D eigenvalue weighted by atomic mass is 16.1. The summed E-state index contributed by atoms with van der Waals surface area (Å²) in [7, 11) is 0. The first-order chi connectivity index (χ1) is 10.1. The molecule has 0 saturated carbocycles. The van der Waals surface area contributed by atoms with Crippen LogP contribution in [0.15, 0.2) is 60.7 Å². The highest BCUT2D eigenvalue weighted by Gasteiger charge is 2.08. The lowest BCUT2D eigenvalue weighted by Crippen LogP contribution is -2.19. The Morgan fingerprint density at radius 3 is 2.10 bits per heavy atom. The van der Waals surface area contributed by atoms with Gasteiger partial charge in [0.05, 0.1) is 5.70 Å². The molecule has 21 heavy (non-hydrogen) atoms. The number of hydrogen-bond acceptors (Lipinski definition) is 2. The van der Waals surface area contributed by atoms with Crippen molar-refractivity contribution >= 4 is 17.4 Å². The predicted octanol–water partition coefficient (Wildman–Crippen LogP) is 3.35. The van der Waals surface area contributed by atoms with Gasteiger partial charge in [-0.2, -0.15) is 0 Å². The van der Waals surface area contributed by atoms with Crippen LogP contribution in [0.2, 0.25) is 0 Å². The molecule has 1 N–H and O–H groups in total. The van der Waals surface area contributed by atoms with E-state index in [2.05, 4.69) is 5.32 Å². The van der Waals surface area contributed by atoms with Crippen molar-refractivity contribution in [2.45, 2.75) is 13.8 Å². The zero-order chi connectivity index (χ0) is 15.2. The Hall–Kier alpha value is -2.68. The lowest BCUT2D eigenvalue weighted by molar-refractivity contribution is -0.117. The molecular weight excluding hydrogens is 262 g/mol. The highest BCUT2D eigenvalue weighted by molar-refractivity contribution is 6.09. The first-order valence-electron chi connectivity index (χ1n) is 6.72. The first kappa shape index (κ1) is 14.7. The van der Waals surface area contributed by atoms with Crippen molar-refractivity contribution in [3.8, 4) is 0 Å². The third-order valence-electron chi connectivity index (χ3n) is 3.01. The van der Waals surface area contributed by atoms with Crippen molar-refractivity contribution in [3.63, 3.8) is 0 Å². The van der Waals surface area contributed by atoms with E-state index < -0.39 is 0 Å². The highest BCUT2D eigenvalue weighted by Crippen LogP contribution is 2.13. The fourth-order valence-corrected chi connectivity index (χ4v) is 1.93. The van der Waals surface area contributed by atoms with Gasteiger partial charge in [-0.1, -0.05) is 60.2 Å². The van der Waals surface area contributed by atoms with E-state index in [0.717, 1.165) is 11.1 Å². The Bertz CT molecular complexity index is 670. The molecule has 0 spiro atoms. The van der Waals surface area contributed by atoms with Gasteiger partial charge in [0.15, 0.2) is 5.78 Å². The molecule has 0 aromatic heterocycles. The van der Waals surface area contributed by atoms with E-state index in [4.69, 9.17) is 0 Å². The van der Waals surface area contributed by atoms with Crippen LogP contribution in [0.4, 0.5) is 0 Å². The Morgan fingerprint density at radius 2 is 1.52 bits per heavy atom. The number of hydrogen-bond donors (Lipinski definition) is 1. The van der Waals surface area contributed by atoms with Crippen LogP contribution in [-0.2, 0) is 4.79 Å². The van der Waals surface area contributed by atoms with E-state index in [1.807, 2.05) is 49.4 Å². The smallest absolute Gasteiger partial charge is 0.221 e. The maximum absolute atomic E-state index is 12.3. The maximum Gasteiger partial charge on any atom is 0.221 e. The average molecular weight is 279 g/mol. The van der Waals surface area contributed by atoms with Crippen LogP contribution in [0, 0.1) is 6.92 Å². The summed E-state index contributed by atoms with van der Waals surface area (Å²) in [5.74, 6) is -0.343. The van der Waals surface area contributed by atoms with Gasteiger partial charge in [-0.05, 0) is 12.5 Å². The lowest BCUT2D eigenvalue weighted by atomic mass is 10.1. The molecule has 0 fully saturated rings. The Balaban J connectivity index is 2.34. The van der Waals surface area contributed by atoms with Gasteiger partial charge in [0.25, 0.3) is 0 Å². The van der Waals surface area contributed by atoms with Crippen molar-refractivity contribution in [2.75, 3.05) is 0 Å². The number of benzene rings is 2. The molecule has 0 radical (unpaired) electrons. The fraction of sp³-hybridized carbons (Fsp3) is 0.111. The van der Waals surface area contributed by atoms with E-state index in [1.165, 1.54) is 13.0 Å². The van der Waals surface area contributed by atoms with Crippen molar-refractivity contribution in [1.82, 2.24) is 5.32 Å². The minimum atomic E-state index is -0.207. The zero-order valence-electron chi connectivity index (χ0n) is 12.1. The first-order valence-corrected chi connectivity index (χ1v) is 6.72. The van der Waals surface area contributed by atoms with E-state index in [1.54, 1.807) is 12.1 Å². The number of carbonyl (C=O) groups is 2. The lowest BCUT2D eigenvalue weighted by Gasteiger charge is -2.08. The number of amides is 1. The second-order valence-electron chi connectivity index (χ2n) is 4.84. The zero-order valence-corrected chi connectivity index (χ0v) is 12.1. The summed E-state index contributed by atoms with van der Waals surface area (Å²) >= 11 is 0. The minimum absolute atomic E-state index is 0.136. The molecule has 106 valence electrons. The summed E-state index contributed by atoms with van der Waals surface area (Å²) in [6.45, 7) is 3.39. The SMILES string of the molecule is CC(=O)N/C(=C\C(=O)c1ccc(C)cc1)c1ccccc1. The van der Waals surface area contributed by atoms with Crippen molar-refractivity contribution in [1.29, 1.82) is 0 Å². The topological polar surface area (TPSA) is 46.2 Å². The molecule has 3 heteroatoms. The van der Waals surface area contributed by atoms with Crippen molar-refractivity contribution in [2.24, 2.45) is 0 Å². The van der Waals surface area contributed by atoms with Gasteiger partial charge in [-0.25, -0.2) is 0 Å². The number of rotatable bonds is 4. The molecule has 2 aromatic carbocycles. The summed E-state index contributed by atoms with van der Waals surface area (Å²) in [5.41, 5.74) is 3.00. The molecule has 0 unspecified atom stereocenters. The van der Waals surface area contributed by atoms with Crippen LogP contribution in [0.5, 0.6) is 0 Å². The van der Waals surface area contributed by atoms with E-state index in [0.29, 0.717) is 11.3 Å². The van der Waals surface area contributed by atoms with Crippen LogP contribution in [-0.4, -0.2) is 11.7 Å². The van der Waals surface area contributed by atoms with Gasteiger partial charge in [0.1, 0.15) is 0 Å². The maximum atomic E-state index is 12.3. The third kappa shape index (κ3) is 4.14. The third-order valence-corrected chi connectivity index (χ3v) is 3.01.